The average Bonchev–Trinajstić information content (AvgIpc) is 3.05. The quantitative estimate of drug-likeness (QED) is 0.744. The Morgan fingerprint density at radius 3 is 2.83 bits per heavy atom. The van der Waals surface area contributed by atoms with E-state index in [4.69, 9.17) is 14.8 Å². The van der Waals surface area contributed by atoms with Crippen LogP contribution in [-0.2, 0) is 12.8 Å². The lowest BCUT2D eigenvalue weighted by Crippen LogP contribution is -2.15. The molecule has 0 saturated heterocycles. The summed E-state index contributed by atoms with van der Waals surface area (Å²) < 4.78 is 5.96. The van der Waals surface area contributed by atoms with Gasteiger partial charge in [0.2, 0.25) is 5.89 Å². The zero-order valence-electron chi connectivity index (χ0n) is 12.7. The number of benzene rings is 1. The monoisotopic (exact) mass is 303 g/mol. The van der Waals surface area contributed by atoms with E-state index in [0.717, 1.165) is 47.5 Å². The first-order valence-corrected chi connectivity index (χ1v) is 7.84. The van der Waals surface area contributed by atoms with Crippen LogP contribution >= 0.6 is 0 Å². The van der Waals surface area contributed by atoms with Crippen molar-refractivity contribution in [2.75, 3.05) is 0 Å². The molecule has 0 aliphatic heterocycles. The molecule has 0 fully saturated rings. The van der Waals surface area contributed by atoms with Crippen molar-refractivity contribution in [1.82, 2.24) is 9.97 Å². The zero-order valence-corrected chi connectivity index (χ0v) is 12.7. The van der Waals surface area contributed by atoms with E-state index in [1.165, 1.54) is 6.21 Å². The van der Waals surface area contributed by atoms with Gasteiger partial charge < -0.3 is 9.83 Å². The Labute approximate surface area is 134 Å². The molecule has 1 N–H and O–H groups in total. The van der Waals surface area contributed by atoms with Crippen molar-refractivity contribution in [3.05, 3.63) is 71.4 Å². The summed E-state index contributed by atoms with van der Waals surface area (Å²) in [5.41, 5.74) is 3.93. The molecule has 2 heterocycles. The number of hydrogen-bond acceptors (Lipinski definition) is 4. The maximum absolute atomic E-state index is 7.57. The number of pyridine rings is 1. The highest BCUT2D eigenvalue weighted by Gasteiger charge is 2.27. The van der Waals surface area contributed by atoms with E-state index >= 15 is 0 Å². The van der Waals surface area contributed by atoms with Crippen LogP contribution in [0.2, 0.25) is 0 Å². The highest BCUT2D eigenvalue weighted by atomic mass is 16.4. The summed E-state index contributed by atoms with van der Waals surface area (Å²) in [4.78, 5) is 9.20. The maximum Gasteiger partial charge on any atom is 0.226 e. The lowest BCUT2D eigenvalue weighted by molar-refractivity contribution is 0.461. The molecule has 1 aromatic carbocycles. The van der Waals surface area contributed by atoms with E-state index in [1.807, 2.05) is 42.5 Å². The minimum Gasteiger partial charge on any atom is -0.441 e. The highest BCUT2D eigenvalue weighted by Crippen LogP contribution is 2.34. The number of rotatable bonds is 3. The van der Waals surface area contributed by atoms with E-state index in [1.54, 1.807) is 6.20 Å². The lowest BCUT2D eigenvalue weighted by atomic mass is 9.86. The normalized spacial score (nSPS) is 16.8. The van der Waals surface area contributed by atoms with Crippen LogP contribution < -0.4 is 0 Å². The minimum absolute atomic E-state index is 0.300. The number of hydrogen-bond donors (Lipinski definition) is 1. The Morgan fingerprint density at radius 1 is 1.13 bits per heavy atom. The van der Waals surface area contributed by atoms with Crippen molar-refractivity contribution in [1.29, 1.82) is 5.41 Å². The number of aromatic nitrogens is 2. The molecule has 4 nitrogen and oxygen atoms in total. The molecule has 0 saturated carbocycles. The third-order valence-electron chi connectivity index (χ3n) is 4.37. The van der Waals surface area contributed by atoms with Crippen LogP contribution in [0.1, 0.15) is 35.1 Å². The first-order valence-electron chi connectivity index (χ1n) is 7.84. The second kappa shape index (κ2) is 5.80. The first-order chi connectivity index (χ1) is 11.3. The number of nitrogens with zero attached hydrogens (tertiary/aromatic N) is 2. The second-order valence-electron chi connectivity index (χ2n) is 5.82. The van der Waals surface area contributed by atoms with Gasteiger partial charge in [-0.3, -0.25) is 4.98 Å². The Kier molecular flexibility index (Phi) is 3.50. The first kappa shape index (κ1) is 13.9. The van der Waals surface area contributed by atoms with E-state index in [-0.39, 0.29) is 0 Å². The molecule has 23 heavy (non-hydrogen) atoms. The molecule has 0 amide bonds. The van der Waals surface area contributed by atoms with Crippen molar-refractivity contribution in [3.63, 3.8) is 0 Å². The summed E-state index contributed by atoms with van der Waals surface area (Å²) in [5.74, 6) is 1.99. The van der Waals surface area contributed by atoms with Crippen LogP contribution in [0.4, 0.5) is 0 Å². The highest BCUT2D eigenvalue weighted by molar-refractivity contribution is 5.78. The minimum atomic E-state index is 0.300. The van der Waals surface area contributed by atoms with Crippen molar-refractivity contribution < 1.29 is 4.42 Å². The molecule has 4 heteroatoms. The van der Waals surface area contributed by atoms with E-state index in [9.17, 15) is 0 Å². The zero-order chi connectivity index (χ0) is 15.6. The van der Waals surface area contributed by atoms with Crippen molar-refractivity contribution in [3.8, 4) is 11.5 Å². The molecule has 1 unspecified atom stereocenters. The Hall–Kier alpha value is -2.75. The SMILES string of the molecule is N=Cc1cccnc1C1CCc2oc(-c3ccccc3)nc2C1. The van der Waals surface area contributed by atoms with Gasteiger partial charge in [0.05, 0.1) is 11.4 Å². The molecule has 1 aliphatic carbocycles. The molecule has 1 aliphatic rings. The topological polar surface area (TPSA) is 62.8 Å². The number of oxazole rings is 1. The maximum atomic E-state index is 7.57. The Balaban J connectivity index is 1.65. The molecule has 2 aromatic heterocycles. The van der Waals surface area contributed by atoms with Crippen LogP contribution in [0.5, 0.6) is 0 Å². The van der Waals surface area contributed by atoms with Crippen LogP contribution in [-0.4, -0.2) is 16.2 Å². The largest absolute Gasteiger partial charge is 0.441 e. The third kappa shape index (κ3) is 2.57. The summed E-state index contributed by atoms with van der Waals surface area (Å²) in [7, 11) is 0. The number of nitrogens with one attached hydrogen (secondary N) is 1. The summed E-state index contributed by atoms with van der Waals surface area (Å²) in [6, 6.07) is 13.8. The van der Waals surface area contributed by atoms with Crippen LogP contribution in [0, 0.1) is 5.41 Å². The number of aryl methyl sites for hydroxylation is 1. The van der Waals surface area contributed by atoms with Gasteiger partial charge in [0.15, 0.2) is 0 Å². The summed E-state index contributed by atoms with van der Waals surface area (Å²) in [6.07, 6.45) is 5.86. The smallest absolute Gasteiger partial charge is 0.226 e. The fourth-order valence-corrected chi connectivity index (χ4v) is 3.21. The Bertz CT molecular complexity index is 839. The molecule has 1 atom stereocenters. The molecular formula is C19H17N3O. The summed E-state index contributed by atoms with van der Waals surface area (Å²) in [5, 5.41) is 7.57. The fraction of sp³-hybridized carbons (Fsp3) is 0.211. The fourth-order valence-electron chi connectivity index (χ4n) is 3.21. The van der Waals surface area contributed by atoms with Gasteiger partial charge in [-0.2, -0.15) is 0 Å². The molecule has 0 spiro atoms. The average molecular weight is 303 g/mol. The van der Waals surface area contributed by atoms with E-state index < -0.39 is 0 Å². The molecule has 0 radical (unpaired) electrons. The standard InChI is InChI=1S/C19H17N3O/c20-12-15-7-4-10-21-18(15)14-8-9-17-16(11-14)22-19(23-17)13-5-2-1-3-6-13/h1-7,10,12,14,20H,8-9,11H2. The summed E-state index contributed by atoms with van der Waals surface area (Å²) in [6.45, 7) is 0. The van der Waals surface area contributed by atoms with Crippen LogP contribution in [0.25, 0.3) is 11.5 Å². The van der Waals surface area contributed by atoms with Gasteiger partial charge in [-0.25, -0.2) is 4.98 Å². The molecule has 114 valence electrons. The molecular weight excluding hydrogens is 286 g/mol. The Morgan fingerprint density at radius 2 is 2.00 bits per heavy atom. The van der Waals surface area contributed by atoms with Gasteiger partial charge in [-0.1, -0.05) is 24.3 Å². The van der Waals surface area contributed by atoms with Crippen molar-refractivity contribution >= 4 is 6.21 Å². The van der Waals surface area contributed by atoms with Gasteiger partial charge in [-0.05, 0) is 24.6 Å². The predicted molar refractivity (Wildman–Crippen MR) is 88.8 cm³/mol. The molecule has 3 aromatic rings. The lowest BCUT2D eigenvalue weighted by Gasteiger charge is -2.20. The van der Waals surface area contributed by atoms with Gasteiger partial charge >= 0.3 is 0 Å². The van der Waals surface area contributed by atoms with E-state index in [0.29, 0.717) is 11.8 Å². The van der Waals surface area contributed by atoms with Gasteiger partial charge in [0.25, 0.3) is 0 Å². The van der Waals surface area contributed by atoms with Gasteiger partial charge in [0, 0.05) is 42.3 Å². The second-order valence-corrected chi connectivity index (χ2v) is 5.82. The predicted octanol–water partition coefficient (Wildman–Crippen LogP) is 4.01. The number of fused-ring (bicyclic) bond motifs is 1. The molecule has 0 bridgehead atoms. The van der Waals surface area contributed by atoms with Crippen molar-refractivity contribution in [2.45, 2.75) is 25.2 Å². The van der Waals surface area contributed by atoms with Crippen molar-refractivity contribution in [2.24, 2.45) is 0 Å². The van der Waals surface area contributed by atoms with Gasteiger partial charge in [0.1, 0.15) is 5.76 Å². The van der Waals surface area contributed by atoms with Crippen LogP contribution in [0.3, 0.4) is 0 Å². The molecule has 4 rings (SSSR count). The van der Waals surface area contributed by atoms with Gasteiger partial charge in [-0.15, -0.1) is 0 Å². The third-order valence-corrected chi connectivity index (χ3v) is 4.37. The van der Waals surface area contributed by atoms with Crippen LogP contribution in [0.15, 0.2) is 53.1 Å². The summed E-state index contributed by atoms with van der Waals surface area (Å²) >= 11 is 0. The van der Waals surface area contributed by atoms with E-state index in [2.05, 4.69) is 4.98 Å².